The molecule has 7 nitrogen and oxygen atoms in total. The Morgan fingerprint density at radius 2 is 2.00 bits per heavy atom. The second kappa shape index (κ2) is 7.28. The lowest BCUT2D eigenvalue weighted by Gasteiger charge is -2.15. The molecule has 3 aromatic rings. The van der Waals surface area contributed by atoms with E-state index >= 15 is 0 Å². The van der Waals surface area contributed by atoms with Gasteiger partial charge < -0.3 is 4.74 Å². The molecule has 3 rings (SSSR count). The van der Waals surface area contributed by atoms with Crippen LogP contribution in [0.3, 0.4) is 0 Å². The van der Waals surface area contributed by atoms with Gasteiger partial charge in [-0.15, -0.1) is 0 Å². The molecule has 0 aliphatic carbocycles. The van der Waals surface area contributed by atoms with Gasteiger partial charge in [-0.1, -0.05) is 23.7 Å². The maximum absolute atomic E-state index is 13.5. The summed E-state index contributed by atoms with van der Waals surface area (Å²) in [6.07, 6.45) is -1.12. The minimum absolute atomic E-state index is 0.127. The van der Waals surface area contributed by atoms with Crippen LogP contribution < -0.4 is 0 Å². The highest BCUT2D eigenvalue weighted by atomic mass is 35.5. The fourth-order valence-electron chi connectivity index (χ4n) is 2.62. The highest BCUT2D eigenvalue weighted by Crippen LogP contribution is 2.30. The van der Waals surface area contributed by atoms with Crippen molar-refractivity contribution >= 4 is 34.3 Å². The van der Waals surface area contributed by atoms with Crippen molar-refractivity contribution in [2.75, 3.05) is 0 Å². The standard InChI is InChI=1S/C17H12ClF2N3O4/c1-9(15-21-12-4-2-3-5-13(12)22(15)17(19)20)27-16(24)10-6-7-11(18)14(8-10)23(25)26/h2-9,17H,1H3. The molecule has 0 aliphatic rings. The SMILES string of the molecule is CC(OC(=O)c1ccc(Cl)c([N+](=O)[O-])c1)c1nc2ccccc2n1C(F)F. The molecule has 0 radical (unpaired) electrons. The van der Waals surface area contributed by atoms with Crippen molar-refractivity contribution in [3.05, 3.63) is 69.0 Å². The number of imidazole rings is 1. The molecule has 0 fully saturated rings. The molecule has 10 heteroatoms. The fourth-order valence-corrected chi connectivity index (χ4v) is 2.80. The zero-order valence-corrected chi connectivity index (χ0v) is 14.6. The Balaban J connectivity index is 1.92. The Morgan fingerprint density at radius 1 is 1.30 bits per heavy atom. The van der Waals surface area contributed by atoms with Crippen LogP contribution in [-0.2, 0) is 4.74 Å². The number of para-hydroxylation sites is 2. The van der Waals surface area contributed by atoms with Crippen LogP contribution in [0.2, 0.25) is 5.02 Å². The summed E-state index contributed by atoms with van der Waals surface area (Å²) in [7, 11) is 0. The van der Waals surface area contributed by atoms with E-state index in [-0.39, 0.29) is 21.9 Å². The number of fused-ring (bicyclic) bond motifs is 1. The number of alkyl halides is 2. The third-order valence-corrected chi connectivity index (χ3v) is 4.16. The third-order valence-electron chi connectivity index (χ3n) is 3.84. The summed E-state index contributed by atoms with van der Waals surface area (Å²) >= 11 is 5.71. The number of nitro groups is 1. The average molecular weight is 396 g/mol. The molecule has 1 atom stereocenters. The number of esters is 1. The Morgan fingerprint density at radius 3 is 2.67 bits per heavy atom. The smallest absolute Gasteiger partial charge is 0.339 e. The first-order chi connectivity index (χ1) is 12.8. The predicted molar refractivity (Wildman–Crippen MR) is 92.9 cm³/mol. The van der Waals surface area contributed by atoms with E-state index < -0.39 is 29.2 Å². The fraction of sp³-hybridized carbons (Fsp3) is 0.176. The van der Waals surface area contributed by atoms with Crippen molar-refractivity contribution in [3.63, 3.8) is 0 Å². The molecule has 0 spiro atoms. The summed E-state index contributed by atoms with van der Waals surface area (Å²) in [5.41, 5.74) is -0.0541. The summed E-state index contributed by atoms with van der Waals surface area (Å²) in [6.45, 7) is -1.49. The molecule has 2 aromatic carbocycles. The molecule has 140 valence electrons. The van der Waals surface area contributed by atoms with E-state index in [9.17, 15) is 23.7 Å². The zero-order chi connectivity index (χ0) is 19.7. The van der Waals surface area contributed by atoms with E-state index in [1.165, 1.54) is 25.1 Å². The van der Waals surface area contributed by atoms with Gasteiger partial charge in [0.1, 0.15) is 5.02 Å². The number of ether oxygens (including phenoxy) is 1. The maximum atomic E-state index is 13.5. The van der Waals surface area contributed by atoms with Crippen LogP contribution in [0.5, 0.6) is 0 Å². The number of carbonyl (C=O) groups excluding carboxylic acids is 1. The molecule has 0 N–H and O–H groups in total. The molecule has 0 saturated carbocycles. The Kier molecular flexibility index (Phi) is 5.04. The van der Waals surface area contributed by atoms with Crippen LogP contribution in [-0.4, -0.2) is 20.4 Å². The number of carbonyl (C=O) groups is 1. The van der Waals surface area contributed by atoms with Crippen molar-refractivity contribution < 1.29 is 23.2 Å². The van der Waals surface area contributed by atoms with Gasteiger partial charge >= 0.3 is 12.5 Å². The van der Waals surface area contributed by atoms with Crippen LogP contribution in [0.25, 0.3) is 11.0 Å². The Bertz CT molecular complexity index is 1040. The van der Waals surface area contributed by atoms with Gasteiger partial charge in [-0.2, -0.15) is 8.78 Å². The lowest BCUT2D eigenvalue weighted by Crippen LogP contribution is -2.14. The molecular formula is C17H12ClF2N3O4. The number of nitro benzene ring substituents is 1. The van der Waals surface area contributed by atoms with Gasteiger partial charge in [-0.3, -0.25) is 14.7 Å². The van der Waals surface area contributed by atoms with Crippen molar-refractivity contribution in [2.24, 2.45) is 0 Å². The van der Waals surface area contributed by atoms with E-state index in [0.717, 1.165) is 6.07 Å². The van der Waals surface area contributed by atoms with Gasteiger partial charge in [0.05, 0.1) is 21.5 Å². The second-order valence-electron chi connectivity index (χ2n) is 5.58. The Labute approximate surface area is 156 Å². The van der Waals surface area contributed by atoms with Crippen molar-refractivity contribution in [1.82, 2.24) is 9.55 Å². The molecule has 1 unspecified atom stereocenters. The molecular weight excluding hydrogens is 384 g/mol. The summed E-state index contributed by atoms with van der Waals surface area (Å²) in [4.78, 5) is 26.6. The van der Waals surface area contributed by atoms with Crippen LogP contribution in [0.15, 0.2) is 42.5 Å². The molecule has 1 heterocycles. The van der Waals surface area contributed by atoms with Crippen molar-refractivity contribution in [1.29, 1.82) is 0 Å². The Hall–Kier alpha value is -3.07. The number of aromatic nitrogens is 2. The van der Waals surface area contributed by atoms with Gasteiger partial charge in [-0.25, -0.2) is 9.78 Å². The minimum Gasteiger partial charge on any atom is -0.451 e. The van der Waals surface area contributed by atoms with E-state index in [1.807, 2.05) is 0 Å². The summed E-state index contributed by atoms with van der Waals surface area (Å²) in [5.74, 6) is -1.06. The number of rotatable bonds is 5. The summed E-state index contributed by atoms with van der Waals surface area (Å²) < 4.78 is 32.9. The quantitative estimate of drug-likeness (QED) is 0.348. The molecule has 27 heavy (non-hydrogen) atoms. The summed E-state index contributed by atoms with van der Waals surface area (Å²) in [6, 6.07) is 9.70. The monoisotopic (exact) mass is 395 g/mol. The van der Waals surface area contributed by atoms with Gasteiger partial charge in [0.2, 0.25) is 0 Å². The van der Waals surface area contributed by atoms with E-state index in [1.54, 1.807) is 18.2 Å². The van der Waals surface area contributed by atoms with Crippen LogP contribution in [0.1, 0.15) is 35.8 Å². The number of nitrogens with zero attached hydrogens (tertiary/aromatic N) is 3. The highest BCUT2D eigenvalue weighted by Gasteiger charge is 2.25. The molecule has 1 aromatic heterocycles. The van der Waals surface area contributed by atoms with Gasteiger partial charge in [-0.05, 0) is 31.2 Å². The average Bonchev–Trinajstić information content (AvgIpc) is 3.01. The first-order valence-electron chi connectivity index (χ1n) is 7.69. The minimum atomic E-state index is -2.88. The van der Waals surface area contributed by atoms with Crippen LogP contribution >= 0.6 is 11.6 Å². The van der Waals surface area contributed by atoms with Gasteiger partial charge in [0.15, 0.2) is 11.9 Å². The number of hydrogen-bond acceptors (Lipinski definition) is 5. The highest BCUT2D eigenvalue weighted by molar-refractivity contribution is 6.32. The van der Waals surface area contributed by atoms with Crippen LogP contribution in [0.4, 0.5) is 14.5 Å². The molecule has 0 aliphatic heterocycles. The first-order valence-corrected chi connectivity index (χ1v) is 8.07. The van der Waals surface area contributed by atoms with Gasteiger partial charge in [0.25, 0.3) is 5.69 Å². The molecule has 0 saturated heterocycles. The third kappa shape index (κ3) is 3.59. The molecule has 0 bridgehead atoms. The topological polar surface area (TPSA) is 87.3 Å². The largest absolute Gasteiger partial charge is 0.451 e. The van der Waals surface area contributed by atoms with Gasteiger partial charge in [0, 0.05) is 6.07 Å². The van der Waals surface area contributed by atoms with E-state index in [0.29, 0.717) is 10.1 Å². The lowest BCUT2D eigenvalue weighted by atomic mass is 10.2. The predicted octanol–water partition coefficient (Wildman–Crippen LogP) is 4.91. The van der Waals surface area contributed by atoms with Crippen molar-refractivity contribution in [3.8, 4) is 0 Å². The maximum Gasteiger partial charge on any atom is 0.339 e. The number of benzene rings is 2. The van der Waals surface area contributed by atoms with Crippen LogP contribution in [0, 0.1) is 10.1 Å². The first kappa shape index (κ1) is 18.7. The van der Waals surface area contributed by atoms with E-state index in [2.05, 4.69) is 4.98 Å². The lowest BCUT2D eigenvalue weighted by molar-refractivity contribution is -0.384. The zero-order valence-electron chi connectivity index (χ0n) is 13.8. The number of hydrogen-bond donors (Lipinski definition) is 0. The second-order valence-corrected chi connectivity index (χ2v) is 5.98. The number of halogens is 3. The van der Waals surface area contributed by atoms with Crippen molar-refractivity contribution in [2.45, 2.75) is 19.6 Å². The normalized spacial score (nSPS) is 12.3. The van der Waals surface area contributed by atoms with E-state index in [4.69, 9.17) is 16.3 Å². The summed E-state index contributed by atoms with van der Waals surface area (Å²) in [5, 5.41) is 10.8. The molecule has 0 amide bonds.